The predicted octanol–water partition coefficient (Wildman–Crippen LogP) is 4.83. The van der Waals surface area contributed by atoms with Crippen LogP contribution in [0.15, 0.2) is 57.3 Å². The van der Waals surface area contributed by atoms with E-state index in [0.717, 1.165) is 43.0 Å². The molecule has 0 radical (unpaired) electrons. The third-order valence-electron chi connectivity index (χ3n) is 6.67. The van der Waals surface area contributed by atoms with Gasteiger partial charge in [-0.3, -0.25) is 9.69 Å². The van der Waals surface area contributed by atoms with Gasteiger partial charge in [-0.1, -0.05) is 37.3 Å². The standard InChI is InChI=1S/C27H29N3O3S/c1-4-18-14-20-25(32)21(27-28-17(2)16-34-27)15-33-26(20)22(24(18)31)23(19-8-6-5-7-9-19)30-12-10-29(3)11-13-30/h5-9,14-16,23,31H,4,10-13H2,1-3H3/t23-/m0/s1. The molecule has 1 saturated heterocycles. The summed E-state index contributed by atoms with van der Waals surface area (Å²) in [5.74, 6) is 0.212. The number of fused-ring (bicyclic) bond motifs is 1. The Kier molecular flexibility index (Phi) is 6.25. The highest BCUT2D eigenvalue weighted by atomic mass is 32.1. The molecule has 1 aliphatic heterocycles. The van der Waals surface area contributed by atoms with Crippen LogP contribution in [0.5, 0.6) is 5.75 Å². The fourth-order valence-corrected chi connectivity index (χ4v) is 5.57. The van der Waals surface area contributed by atoms with Crippen LogP contribution in [0.4, 0.5) is 0 Å². The first-order chi connectivity index (χ1) is 16.5. The number of aryl methyl sites for hydroxylation is 2. The van der Waals surface area contributed by atoms with E-state index in [-0.39, 0.29) is 17.2 Å². The molecule has 1 N–H and O–H groups in total. The van der Waals surface area contributed by atoms with E-state index in [1.807, 2.05) is 37.4 Å². The normalized spacial score (nSPS) is 16.2. The van der Waals surface area contributed by atoms with E-state index in [9.17, 15) is 9.90 Å². The summed E-state index contributed by atoms with van der Waals surface area (Å²) in [7, 11) is 2.13. The molecule has 34 heavy (non-hydrogen) atoms. The molecule has 1 atom stereocenters. The Balaban J connectivity index is 1.77. The van der Waals surface area contributed by atoms with Gasteiger partial charge in [0.25, 0.3) is 0 Å². The van der Waals surface area contributed by atoms with Gasteiger partial charge in [-0.05, 0) is 37.6 Å². The van der Waals surface area contributed by atoms with Crippen LogP contribution in [0, 0.1) is 6.92 Å². The van der Waals surface area contributed by atoms with Crippen molar-refractivity contribution in [1.82, 2.24) is 14.8 Å². The van der Waals surface area contributed by atoms with Gasteiger partial charge in [0.05, 0.1) is 22.6 Å². The van der Waals surface area contributed by atoms with E-state index in [2.05, 4.69) is 34.0 Å². The Morgan fingerprint density at radius 2 is 1.91 bits per heavy atom. The molecule has 0 amide bonds. The number of phenolic OH excluding ortho intramolecular Hbond substituents is 1. The lowest BCUT2D eigenvalue weighted by atomic mass is 9.91. The predicted molar refractivity (Wildman–Crippen MR) is 137 cm³/mol. The summed E-state index contributed by atoms with van der Waals surface area (Å²) in [5, 5.41) is 14.5. The number of thiazole rings is 1. The molecule has 0 saturated carbocycles. The Hall–Kier alpha value is -3.00. The number of phenols is 1. The van der Waals surface area contributed by atoms with Crippen LogP contribution in [0.3, 0.4) is 0 Å². The second kappa shape index (κ2) is 9.33. The van der Waals surface area contributed by atoms with Crippen LogP contribution in [0.25, 0.3) is 21.5 Å². The fraction of sp³-hybridized carbons (Fsp3) is 0.333. The highest BCUT2D eigenvalue weighted by molar-refractivity contribution is 7.13. The van der Waals surface area contributed by atoms with Crippen LogP contribution >= 0.6 is 11.3 Å². The number of aromatic hydroxyl groups is 1. The summed E-state index contributed by atoms with van der Waals surface area (Å²) in [6, 6.07) is 11.7. The smallest absolute Gasteiger partial charge is 0.202 e. The first-order valence-electron chi connectivity index (χ1n) is 11.7. The van der Waals surface area contributed by atoms with Crippen molar-refractivity contribution in [2.45, 2.75) is 26.3 Å². The summed E-state index contributed by atoms with van der Waals surface area (Å²) in [6.07, 6.45) is 2.11. The monoisotopic (exact) mass is 475 g/mol. The average molecular weight is 476 g/mol. The third-order valence-corrected chi connectivity index (χ3v) is 7.67. The number of benzene rings is 2. The quantitative estimate of drug-likeness (QED) is 0.446. The van der Waals surface area contributed by atoms with Crippen molar-refractivity contribution in [3.8, 4) is 16.3 Å². The molecule has 5 rings (SSSR count). The van der Waals surface area contributed by atoms with Gasteiger partial charge in [0.1, 0.15) is 22.6 Å². The third kappa shape index (κ3) is 4.04. The molecule has 1 aliphatic rings. The van der Waals surface area contributed by atoms with Crippen molar-refractivity contribution in [3.63, 3.8) is 0 Å². The summed E-state index contributed by atoms with van der Waals surface area (Å²) in [4.78, 5) is 22.8. The van der Waals surface area contributed by atoms with Crippen molar-refractivity contribution in [3.05, 3.63) is 80.6 Å². The highest BCUT2D eigenvalue weighted by Crippen LogP contribution is 2.42. The minimum absolute atomic E-state index is 0.114. The summed E-state index contributed by atoms with van der Waals surface area (Å²) in [5.41, 5.74) is 4.15. The topological polar surface area (TPSA) is 69.8 Å². The molecule has 0 spiro atoms. The van der Waals surface area contributed by atoms with Crippen LogP contribution in [0.1, 0.15) is 35.3 Å². The molecule has 4 aromatic rings. The Labute approximate surface area is 203 Å². The molecule has 0 bridgehead atoms. The van der Waals surface area contributed by atoms with Crippen LogP contribution in [0.2, 0.25) is 0 Å². The molecule has 7 heteroatoms. The zero-order valence-corrected chi connectivity index (χ0v) is 20.6. The van der Waals surface area contributed by atoms with Gasteiger partial charge in [-0.25, -0.2) is 4.98 Å². The Morgan fingerprint density at radius 1 is 1.18 bits per heavy atom. The second-order valence-electron chi connectivity index (χ2n) is 8.95. The van der Waals surface area contributed by atoms with Crippen LogP contribution in [-0.4, -0.2) is 53.1 Å². The fourth-order valence-electron chi connectivity index (χ4n) is 4.77. The van der Waals surface area contributed by atoms with Gasteiger partial charge in [-0.2, -0.15) is 0 Å². The molecule has 6 nitrogen and oxygen atoms in total. The molecule has 1 fully saturated rings. The maximum absolute atomic E-state index is 13.7. The van der Waals surface area contributed by atoms with E-state index in [1.165, 1.54) is 17.6 Å². The Bertz CT molecular complexity index is 1370. The van der Waals surface area contributed by atoms with Crippen LogP contribution < -0.4 is 5.43 Å². The number of rotatable bonds is 5. The SMILES string of the molecule is CCc1cc2c(=O)c(-c3nc(C)cs3)coc2c([C@H](c2ccccc2)N2CCN(C)CC2)c1O. The maximum Gasteiger partial charge on any atom is 0.202 e. The van der Waals surface area contributed by atoms with Gasteiger partial charge in [0.2, 0.25) is 5.43 Å². The Morgan fingerprint density at radius 3 is 2.56 bits per heavy atom. The zero-order valence-electron chi connectivity index (χ0n) is 19.7. The van der Waals surface area contributed by atoms with E-state index in [1.54, 1.807) is 6.07 Å². The van der Waals surface area contributed by atoms with Crippen LogP contribution in [-0.2, 0) is 6.42 Å². The number of hydrogen-bond donors (Lipinski definition) is 1. The zero-order chi connectivity index (χ0) is 23.8. The van der Waals surface area contributed by atoms with Crippen molar-refractivity contribution >= 4 is 22.3 Å². The first kappa shape index (κ1) is 22.8. The van der Waals surface area contributed by atoms with E-state index < -0.39 is 0 Å². The second-order valence-corrected chi connectivity index (χ2v) is 9.81. The van der Waals surface area contributed by atoms with Crippen molar-refractivity contribution in [1.29, 1.82) is 0 Å². The van der Waals surface area contributed by atoms with E-state index >= 15 is 0 Å². The molecule has 0 unspecified atom stereocenters. The number of aromatic nitrogens is 1. The number of piperazine rings is 1. The number of hydrogen-bond acceptors (Lipinski definition) is 7. The minimum Gasteiger partial charge on any atom is -0.507 e. The first-order valence-corrected chi connectivity index (χ1v) is 12.6. The maximum atomic E-state index is 13.7. The van der Waals surface area contributed by atoms with Gasteiger partial charge in [-0.15, -0.1) is 11.3 Å². The largest absolute Gasteiger partial charge is 0.507 e. The summed E-state index contributed by atoms with van der Waals surface area (Å²) >= 11 is 1.44. The minimum atomic E-state index is -0.222. The van der Waals surface area contributed by atoms with Gasteiger partial charge >= 0.3 is 0 Å². The highest BCUT2D eigenvalue weighted by Gasteiger charge is 2.32. The summed E-state index contributed by atoms with van der Waals surface area (Å²) < 4.78 is 6.18. The number of nitrogens with zero attached hydrogens (tertiary/aromatic N) is 3. The van der Waals surface area contributed by atoms with Crippen molar-refractivity contribution in [2.75, 3.05) is 33.2 Å². The van der Waals surface area contributed by atoms with Gasteiger partial charge in [0, 0.05) is 37.3 Å². The molecule has 2 aromatic heterocycles. The lowest BCUT2D eigenvalue weighted by Crippen LogP contribution is -2.46. The van der Waals surface area contributed by atoms with Crippen molar-refractivity contribution in [2.24, 2.45) is 0 Å². The lowest BCUT2D eigenvalue weighted by molar-refractivity contribution is 0.126. The molecular formula is C27H29N3O3S. The van der Waals surface area contributed by atoms with Gasteiger partial charge in [0.15, 0.2) is 0 Å². The molecular weight excluding hydrogens is 446 g/mol. The average Bonchev–Trinajstić information content (AvgIpc) is 3.28. The van der Waals surface area contributed by atoms with Gasteiger partial charge < -0.3 is 14.4 Å². The molecule has 3 heterocycles. The van der Waals surface area contributed by atoms with Crippen molar-refractivity contribution < 1.29 is 9.52 Å². The number of likely N-dealkylation sites (N-methyl/N-ethyl adjacent to an activating group) is 1. The van der Waals surface area contributed by atoms with E-state index in [0.29, 0.717) is 33.5 Å². The lowest BCUT2D eigenvalue weighted by Gasteiger charge is -2.38. The van der Waals surface area contributed by atoms with E-state index in [4.69, 9.17) is 4.42 Å². The molecule has 2 aromatic carbocycles. The molecule has 0 aliphatic carbocycles. The molecule has 176 valence electrons. The summed E-state index contributed by atoms with van der Waals surface area (Å²) in [6.45, 7) is 7.49.